The largest absolute Gasteiger partial charge is 0.494 e. The summed E-state index contributed by atoms with van der Waals surface area (Å²) in [5, 5.41) is 0. The van der Waals surface area contributed by atoms with E-state index in [1.807, 2.05) is 13.8 Å². The van der Waals surface area contributed by atoms with E-state index in [0.717, 1.165) is 24.3 Å². The molecule has 0 heterocycles. The van der Waals surface area contributed by atoms with Crippen molar-refractivity contribution in [3.8, 4) is 22.6 Å². The number of methoxy groups -OCH3 is 2. The lowest BCUT2D eigenvalue weighted by atomic mass is 10.0. The van der Waals surface area contributed by atoms with E-state index < -0.39 is 34.4 Å². The molecule has 0 unspecified atom stereocenters. The Hall–Kier alpha value is -2.24. The molecule has 0 atom stereocenters. The summed E-state index contributed by atoms with van der Waals surface area (Å²) in [6, 6.07) is 4.49. The van der Waals surface area contributed by atoms with Gasteiger partial charge in [0.15, 0.2) is 23.1 Å². The maximum absolute atomic E-state index is 13.9. The van der Waals surface area contributed by atoms with Crippen LogP contribution in [-0.4, -0.2) is 14.2 Å². The van der Waals surface area contributed by atoms with Crippen LogP contribution in [0.2, 0.25) is 0 Å². The Balaban J connectivity index is 0.00000116. The summed E-state index contributed by atoms with van der Waals surface area (Å²) in [5.41, 5.74) is -0.801. The zero-order chi connectivity index (χ0) is 16.9. The predicted octanol–water partition coefficient (Wildman–Crippen LogP) is 4.95. The zero-order valence-electron chi connectivity index (χ0n) is 12.6. The first-order chi connectivity index (χ1) is 10.5. The van der Waals surface area contributed by atoms with Crippen molar-refractivity contribution in [2.45, 2.75) is 13.8 Å². The fourth-order valence-corrected chi connectivity index (χ4v) is 1.79. The van der Waals surface area contributed by atoms with Gasteiger partial charge in [0.2, 0.25) is 11.6 Å². The zero-order valence-corrected chi connectivity index (χ0v) is 12.6. The molecule has 2 rings (SSSR count). The number of hydrogen-bond donors (Lipinski definition) is 0. The van der Waals surface area contributed by atoms with Crippen LogP contribution in [0, 0.1) is 23.3 Å². The van der Waals surface area contributed by atoms with Crippen LogP contribution < -0.4 is 9.47 Å². The van der Waals surface area contributed by atoms with Gasteiger partial charge < -0.3 is 9.47 Å². The average molecular weight is 316 g/mol. The third-order valence-corrected chi connectivity index (χ3v) is 2.82. The fourth-order valence-electron chi connectivity index (χ4n) is 1.79. The minimum Gasteiger partial charge on any atom is -0.494 e. The maximum atomic E-state index is 13.9. The Morgan fingerprint density at radius 1 is 0.591 bits per heavy atom. The molecule has 0 bridgehead atoms. The van der Waals surface area contributed by atoms with Crippen molar-refractivity contribution in [1.29, 1.82) is 0 Å². The highest BCUT2D eigenvalue weighted by Crippen LogP contribution is 2.34. The van der Waals surface area contributed by atoms with Gasteiger partial charge in [-0.25, -0.2) is 8.78 Å². The molecule has 2 aromatic carbocycles. The first kappa shape index (κ1) is 17.8. The van der Waals surface area contributed by atoms with Crippen LogP contribution in [0.15, 0.2) is 24.3 Å². The first-order valence-electron chi connectivity index (χ1n) is 6.55. The van der Waals surface area contributed by atoms with Crippen LogP contribution >= 0.6 is 0 Å². The van der Waals surface area contributed by atoms with Gasteiger partial charge in [-0.05, 0) is 24.3 Å². The third kappa shape index (κ3) is 3.16. The molecule has 6 heteroatoms. The van der Waals surface area contributed by atoms with Crippen molar-refractivity contribution >= 4 is 0 Å². The molecule has 0 aliphatic heterocycles. The van der Waals surface area contributed by atoms with E-state index in [9.17, 15) is 17.6 Å². The van der Waals surface area contributed by atoms with Crippen LogP contribution in [-0.2, 0) is 0 Å². The molecule has 0 radical (unpaired) electrons. The number of benzene rings is 2. The minimum atomic E-state index is -1.31. The highest BCUT2D eigenvalue weighted by molar-refractivity contribution is 5.67. The van der Waals surface area contributed by atoms with Gasteiger partial charge in [-0.3, -0.25) is 0 Å². The van der Waals surface area contributed by atoms with E-state index in [2.05, 4.69) is 9.47 Å². The summed E-state index contributed by atoms with van der Waals surface area (Å²) in [6.07, 6.45) is 0. The van der Waals surface area contributed by atoms with E-state index >= 15 is 0 Å². The lowest BCUT2D eigenvalue weighted by molar-refractivity contribution is 0.370. The second kappa shape index (κ2) is 7.68. The van der Waals surface area contributed by atoms with Crippen molar-refractivity contribution < 1.29 is 27.0 Å². The number of hydrogen-bond acceptors (Lipinski definition) is 2. The van der Waals surface area contributed by atoms with Gasteiger partial charge in [-0.15, -0.1) is 0 Å². The summed E-state index contributed by atoms with van der Waals surface area (Å²) in [7, 11) is 2.34. The summed E-state index contributed by atoms with van der Waals surface area (Å²) >= 11 is 0. The van der Waals surface area contributed by atoms with E-state index in [4.69, 9.17) is 0 Å². The molecular formula is C16H16F4O2. The molecule has 0 saturated carbocycles. The summed E-state index contributed by atoms with van der Waals surface area (Å²) in [5.74, 6) is -5.79. The van der Waals surface area contributed by atoms with Gasteiger partial charge in [0.1, 0.15) is 0 Å². The normalized spacial score (nSPS) is 9.82. The predicted molar refractivity (Wildman–Crippen MR) is 76.2 cm³/mol. The van der Waals surface area contributed by atoms with Crippen LogP contribution in [0.3, 0.4) is 0 Å². The quantitative estimate of drug-likeness (QED) is 0.746. The van der Waals surface area contributed by atoms with Gasteiger partial charge in [0, 0.05) is 11.1 Å². The molecule has 0 fully saturated rings. The van der Waals surface area contributed by atoms with Crippen molar-refractivity contribution in [2.75, 3.05) is 14.2 Å². The Kier molecular flexibility index (Phi) is 6.22. The van der Waals surface area contributed by atoms with Crippen molar-refractivity contribution in [1.82, 2.24) is 0 Å². The fraction of sp³-hybridized carbons (Fsp3) is 0.250. The average Bonchev–Trinajstić information content (AvgIpc) is 2.55. The molecule has 22 heavy (non-hydrogen) atoms. The lowest BCUT2D eigenvalue weighted by Gasteiger charge is -2.10. The molecule has 2 nitrogen and oxygen atoms in total. The van der Waals surface area contributed by atoms with Gasteiger partial charge in [-0.1, -0.05) is 13.8 Å². The van der Waals surface area contributed by atoms with Crippen LogP contribution in [0.1, 0.15) is 13.8 Å². The van der Waals surface area contributed by atoms with E-state index in [0.29, 0.717) is 0 Å². The SMILES string of the molecule is CC.COc1ccc(-c2ccc(OC)c(F)c2F)c(F)c1F. The monoisotopic (exact) mass is 316 g/mol. The maximum Gasteiger partial charge on any atom is 0.201 e. The number of ether oxygens (including phenoxy) is 2. The van der Waals surface area contributed by atoms with Crippen molar-refractivity contribution in [2.24, 2.45) is 0 Å². The summed E-state index contributed by atoms with van der Waals surface area (Å²) < 4.78 is 64.1. The number of rotatable bonds is 3. The smallest absolute Gasteiger partial charge is 0.201 e. The molecule has 0 aliphatic rings. The standard InChI is InChI=1S/C14H10F4O2.C2H6/c1-19-9-5-3-7(11(15)13(9)17)8-4-6-10(20-2)14(18)12(8)16;1-2/h3-6H,1-2H3;1-2H3. The third-order valence-electron chi connectivity index (χ3n) is 2.82. The Morgan fingerprint density at radius 2 is 0.909 bits per heavy atom. The lowest BCUT2D eigenvalue weighted by Crippen LogP contribution is -1.99. The second-order valence-electron chi connectivity index (χ2n) is 3.89. The highest BCUT2D eigenvalue weighted by atomic mass is 19.2. The first-order valence-corrected chi connectivity index (χ1v) is 6.55. The van der Waals surface area contributed by atoms with E-state index in [-0.39, 0.29) is 11.5 Å². The Labute approximate surface area is 126 Å². The van der Waals surface area contributed by atoms with E-state index in [1.165, 1.54) is 14.2 Å². The molecule has 0 amide bonds. The van der Waals surface area contributed by atoms with Gasteiger partial charge in [0.25, 0.3) is 0 Å². The Morgan fingerprint density at radius 3 is 1.18 bits per heavy atom. The Bertz CT molecular complexity index is 600. The minimum absolute atomic E-state index is 0.319. The molecule has 120 valence electrons. The van der Waals surface area contributed by atoms with Crippen molar-refractivity contribution in [3.63, 3.8) is 0 Å². The van der Waals surface area contributed by atoms with Crippen LogP contribution in [0.4, 0.5) is 17.6 Å². The molecule has 0 saturated heterocycles. The molecule has 0 spiro atoms. The number of halogens is 4. The van der Waals surface area contributed by atoms with Gasteiger partial charge in [0.05, 0.1) is 14.2 Å². The second-order valence-corrected chi connectivity index (χ2v) is 3.89. The topological polar surface area (TPSA) is 18.5 Å². The van der Waals surface area contributed by atoms with Crippen LogP contribution in [0.5, 0.6) is 11.5 Å². The molecular weight excluding hydrogens is 300 g/mol. The summed E-state index contributed by atoms with van der Waals surface area (Å²) in [4.78, 5) is 0. The highest BCUT2D eigenvalue weighted by Gasteiger charge is 2.21. The molecule has 2 aromatic rings. The molecule has 0 aliphatic carbocycles. The van der Waals surface area contributed by atoms with Gasteiger partial charge >= 0.3 is 0 Å². The van der Waals surface area contributed by atoms with Gasteiger partial charge in [-0.2, -0.15) is 8.78 Å². The van der Waals surface area contributed by atoms with Crippen molar-refractivity contribution in [3.05, 3.63) is 47.5 Å². The summed E-state index contributed by atoms with van der Waals surface area (Å²) in [6.45, 7) is 4.00. The van der Waals surface area contributed by atoms with Crippen LogP contribution in [0.25, 0.3) is 11.1 Å². The molecule has 0 aromatic heterocycles. The molecule has 0 N–H and O–H groups in total. The van der Waals surface area contributed by atoms with E-state index in [1.54, 1.807) is 0 Å².